The molecule has 0 bridgehead atoms. The largest absolute Gasteiger partial charge is 0.356 e. The molecule has 0 aromatic heterocycles. The number of thioether (sulfide) groups is 2. The van der Waals surface area contributed by atoms with Gasteiger partial charge in [0.15, 0.2) is 5.96 Å². The number of hydrogen-bond acceptors (Lipinski definition) is 3. The number of halogens is 2. The van der Waals surface area contributed by atoms with Crippen LogP contribution in [0.4, 0.5) is 4.39 Å². The molecule has 0 aliphatic rings. The lowest BCUT2D eigenvalue weighted by molar-refractivity contribution is 0.625. The first kappa shape index (κ1) is 21.9. The van der Waals surface area contributed by atoms with Crippen molar-refractivity contribution in [2.75, 3.05) is 31.9 Å². The summed E-state index contributed by atoms with van der Waals surface area (Å²) in [5.74, 6) is 2.56. The van der Waals surface area contributed by atoms with Gasteiger partial charge in [-0.2, -0.15) is 23.5 Å². The first-order valence-corrected chi connectivity index (χ1v) is 9.69. The van der Waals surface area contributed by atoms with Crippen molar-refractivity contribution in [3.05, 3.63) is 35.1 Å². The minimum Gasteiger partial charge on any atom is -0.356 e. The standard InChI is InChI=1S/C15H24FN3S2.HI/c1-17-15(18-7-4-8-20-2)19-10-12-5-6-14(16)9-13(12)11-21-3;/h5-6,9H,4,7-8,10-11H2,1-3H3,(H2,17,18,19);1H. The van der Waals surface area contributed by atoms with E-state index in [-0.39, 0.29) is 29.8 Å². The molecule has 1 aromatic carbocycles. The van der Waals surface area contributed by atoms with E-state index in [4.69, 9.17) is 0 Å². The number of aliphatic imine (C=N–C) groups is 1. The van der Waals surface area contributed by atoms with Crippen molar-refractivity contribution in [2.24, 2.45) is 4.99 Å². The van der Waals surface area contributed by atoms with Crippen LogP contribution in [0.3, 0.4) is 0 Å². The average Bonchev–Trinajstić information content (AvgIpc) is 2.48. The minimum atomic E-state index is -0.178. The van der Waals surface area contributed by atoms with Crippen molar-refractivity contribution in [1.82, 2.24) is 10.6 Å². The SMILES string of the molecule is CN=C(NCCCSC)NCc1ccc(F)cc1CSC.I. The summed E-state index contributed by atoms with van der Waals surface area (Å²) >= 11 is 3.54. The highest BCUT2D eigenvalue weighted by molar-refractivity contribution is 14.0. The van der Waals surface area contributed by atoms with Crippen molar-refractivity contribution in [3.8, 4) is 0 Å². The van der Waals surface area contributed by atoms with Gasteiger partial charge in [0.2, 0.25) is 0 Å². The first-order chi connectivity index (χ1) is 10.2. The zero-order chi connectivity index (χ0) is 15.5. The second kappa shape index (κ2) is 13.3. The van der Waals surface area contributed by atoms with E-state index < -0.39 is 0 Å². The highest BCUT2D eigenvalue weighted by Crippen LogP contribution is 2.16. The Labute approximate surface area is 158 Å². The fourth-order valence-electron chi connectivity index (χ4n) is 1.88. The summed E-state index contributed by atoms with van der Waals surface area (Å²) in [6.45, 7) is 1.56. The molecule has 0 unspecified atom stereocenters. The monoisotopic (exact) mass is 457 g/mol. The summed E-state index contributed by atoms with van der Waals surface area (Å²) in [4.78, 5) is 4.20. The molecule has 0 radical (unpaired) electrons. The molecular weight excluding hydrogens is 432 g/mol. The van der Waals surface area contributed by atoms with E-state index in [1.807, 2.05) is 24.1 Å². The third-order valence-corrected chi connectivity index (χ3v) is 4.25. The lowest BCUT2D eigenvalue weighted by atomic mass is 10.1. The highest BCUT2D eigenvalue weighted by atomic mass is 127. The Morgan fingerprint density at radius 2 is 1.95 bits per heavy atom. The van der Waals surface area contributed by atoms with Crippen LogP contribution in [-0.4, -0.2) is 37.8 Å². The molecule has 1 rings (SSSR count). The maximum absolute atomic E-state index is 13.3. The molecule has 0 fully saturated rings. The van der Waals surface area contributed by atoms with E-state index in [9.17, 15) is 4.39 Å². The molecule has 0 spiro atoms. The number of benzene rings is 1. The van der Waals surface area contributed by atoms with Crippen LogP contribution in [0, 0.1) is 5.82 Å². The van der Waals surface area contributed by atoms with Gasteiger partial charge in [0, 0.05) is 25.9 Å². The lowest BCUT2D eigenvalue weighted by Crippen LogP contribution is -2.37. The lowest BCUT2D eigenvalue weighted by Gasteiger charge is -2.14. The smallest absolute Gasteiger partial charge is 0.191 e. The molecule has 0 saturated carbocycles. The van der Waals surface area contributed by atoms with Crippen molar-refractivity contribution in [2.45, 2.75) is 18.7 Å². The minimum absolute atomic E-state index is 0. The summed E-state index contributed by atoms with van der Waals surface area (Å²) in [6.07, 6.45) is 5.24. The number of hydrogen-bond donors (Lipinski definition) is 2. The summed E-state index contributed by atoms with van der Waals surface area (Å²) in [5.41, 5.74) is 2.14. The Kier molecular flexibility index (Phi) is 13.2. The van der Waals surface area contributed by atoms with Crippen LogP contribution >= 0.6 is 47.5 Å². The van der Waals surface area contributed by atoms with Crippen LogP contribution in [-0.2, 0) is 12.3 Å². The van der Waals surface area contributed by atoms with Crippen LogP contribution < -0.4 is 10.6 Å². The molecule has 126 valence electrons. The van der Waals surface area contributed by atoms with Crippen LogP contribution in [0.1, 0.15) is 17.5 Å². The van der Waals surface area contributed by atoms with Gasteiger partial charge in [0.05, 0.1) is 0 Å². The van der Waals surface area contributed by atoms with Gasteiger partial charge in [-0.15, -0.1) is 24.0 Å². The van der Waals surface area contributed by atoms with Crippen LogP contribution in [0.5, 0.6) is 0 Å². The maximum atomic E-state index is 13.3. The van der Waals surface area contributed by atoms with E-state index in [2.05, 4.69) is 21.9 Å². The molecule has 7 heteroatoms. The highest BCUT2D eigenvalue weighted by Gasteiger charge is 2.05. The number of rotatable bonds is 8. The predicted octanol–water partition coefficient (Wildman–Crippen LogP) is 3.72. The Hall–Kier alpha value is -0.150. The van der Waals surface area contributed by atoms with Crippen molar-refractivity contribution in [3.63, 3.8) is 0 Å². The second-order valence-corrected chi connectivity index (χ2v) is 6.40. The van der Waals surface area contributed by atoms with Gasteiger partial charge in [-0.25, -0.2) is 4.39 Å². The summed E-state index contributed by atoms with van der Waals surface area (Å²) in [6, 6.07) is 4.96. The molecule has 3 nitrogen and oxygen atoms in total. The number of nitrogens with one attached hydrogen (secondary N) is 2. The van der Waals surface area contributed by atoms with Gasteiger partial charge in [0.1, 0.15) is 5.82 Å². The number of nitrogens with zero attached hydrogens (tertiary/aromatic N) is 1. The normalized spacial score (nSPS) is 11.0. The molecule has 2 N–H and O–H groups in total. The zero-order valence-corrected chi connectivity index (χ0v) is 17.3. The molecule has 0 heterocycles. The molecule has 0 amide bonds. The summed E-state index contributed by atoms with van der Waals surface area (Å²) < 4.78 is 13.3. The fourth-order valence-corrected chi connectivity index (χ4v) is 2.89. The molecule has 0 aliphatic carbocycles. The van der Waals surface area contributed by atoms with E-state index >= 15 is 0 Å². The first-order valence-electron chi connectivity index (χ1n) is 6.91. The van der Waals surface area contributed by atoms with E-state index in [1.54, 1.807) is 24.9 Å². The van der Waals surface area contributed by atoms with Crippen molar-refractivity contribution in [1.29, 1.82) is 0 Å². The zero-order valence-electron chi connectivity index (χ0n) is 13.3. The Balaban J connectivity index is 0.00000441. The van der Waals surface area contributed by atoms with Crippen molar-refractivity contribution < 1.29 is 4.39 Å². The third-order valence-electron chi connectivity index (χ3n) is 2.96. The molecular formula is C15H25FIN3S2. The molecule has 0 atom stereocenters. The quantitative estimate of drug-likeness (QED) is 0.270. The topological polar surface area (TPSA) is 36.4 Å². The summed E-state index contributed by atoms with van der Waals surface area (Å²) in [7, 11) is 1.76. The van der Waals surface area contributed by atoms with Gasteiger partial charge < -0.3 is 10.6 Å². The molecule has 0 aliphatic heterocycles. The fraction of sp³-hybridized carbons (Fsp3) is 0.533. The van der Waals surface area contributed by atoms with E-state index in [0.29, 0.717) is 6.54 Å². The van der Waals surface area contributed by atoms with Gasteiger partial charge in [-0.05, 0) is 47.9 Å². The van der Waals surface area contributed by atoms with E-state index in [1.165, 1.54) is 6.07 Å². The Morgan fingerprint density at radius 3 is 2.59 bits per heavy atom. The third kappa shape index (κ3) is 8.47. The van der Waals surface area contributed by atoms with Gasteiger partial charge >= 0.3 is 0 Å². The van der Waals surface area contributed by atoms with E-state index in [0.717, 1.165) is 41.6 Å². The summed E-state index contributed by atoms with van der Waals surface area (Å²) in [5, 5.41) is 6.56. The molecule has 22 heavy (non-hydrogen) atoms. The Morgan fingerprint density at radius 1 is 1.18 bits per heavy atom. The van der Waals surface area contributed by atoms with Crippen LogP contribution in [0.25, 0.3) is 0 Å². The van der Waals surface area contributed by atoms with Crippen LogP contribution in [0.15, 0.2) is 23.2 Å². The average molecular weight is 457 g/mol. The second-order valence-electron chi connectivity index (χ2n) is 4.54. The number of guanidine groups is 1. The maximum Gasteiger partial charge on any atom is 0.191 e. The Bertz CT molecular complexity index is 458. The van der Waals surface area contributed by atoms with Crippen molar-refractivity contribution >= 4 is 53.5 Å². The predicted molar refractivity (Wildman–Crippen MR) is 110 cm³/mol. The molecule has 1 aromatic rings. The molecule has 0 saturated heterocycles. The van der Waals surface area contributed by atoms with Gasteiger partial charge in [0.25, 0.3) is 0 Å². The van der Waals surface area contributed by atoms with Gasteiger partial charge in [-0.3, -0.25) is 4.99 Å². The van der Waals surface area contributed by atoms with Crippen LogP contribution in [0.2, 0.25) is 0 Å². The van der Waals surface area contributed by atoms with Gasteiger partial charge in [-0.1, -0.05) is 6.07 Å².